The second-order valence-electron chi connectivity index (χ2n) is 4.00. The van der Waals surface area contributed by atoms with Crippen molar-refractivity contribution < 1.29 is 19.0 Å². The average Bonchev–Trinajstić information content (AvgIpc) is 3.04. The first kappa shape index (κ1) is 9.81. The van der Waals surface area contributed by atoms with Crippen LogP contribution in [-0.4, -0.2) is 31.1 Å². The molecule has 0 N–H and O–H groups in total. The van der Waals surface area contributed by atoms with E-state index in [9.17, 15) is 4.79 Å². The molecule has 0 aromatic heterocycles. The van der Waals surface area contributed by atoms with Gasteiger partial charge < -0.3 is 14.2 Å². The molecular formula is C12H12O4. The summed E-state index contributed by atoms with van der Waals surface area (Å²) in [6, 6.07) is 8.94. The van der Waals surface area contributed by atoms with Crippen molar-refractivity contribution in [2.24, 2.45) is 0 Å². The number of esters is 1. The van der Waals surface area contributed by atoms with Crippen molar-refractivity contribution >= 4 is 5.97 Å². The normalized spacial score (nSPS) is 31.6. The Morgan fingerprint density at radius 3 is 2.94 bits per heavy atom. The van der Waals surface area contributed by atoms with Crippen molar-refractivity contribution in [3.05, 3.63) is 35.9 Å². The van der Waals surface area contributed by atoms with Gasteiger partial charge in [0.2, 0.25) is 5.79 Å². The highest BCUT2D eigenvalue weighted by Crippen LogP contribution is 2.44. The van der Waals surface area contributed by atoms with Crippen LogP contribution in [0.1, 0.15) is 16.8 Å². The SMILES string of the molecule is O=C(O[C@@]12CCOC[C@@H]1O2)c1ccccc1. The van der Waals surface area contributed by atoms with Gasteiger partial charge in [-0.05, 0) is 12.1 Å². The quantitative estimate of drug-likeness (QED) is 0.557. The highest BCUT2D eigenvalue weighted by atomic mass is 16.8. The molecule has 2 heterocycles. The molecule has 16 heavy (non-hydrogen) atoms. The zero-order valence-corrected chi connectivity index (χ0v) is 8.72. The third-order valence-electron chi connectivity index (χ3n) is 2.91. The molecule has 0 bridgehead atoms. The smallest absolute Gasteiger partial charge is 0.340 e. The van der Waals surface area contributed by atoms with E-state index in [-0.39, 0.29) is 12.1 Å². The molecule has 0 radical (unpaired) electrons. The van der Waals surface area contributed by atoms with Crippen LogP contribution in [0.5, 0.6) is 0 Å². The summed E-state index contributed by atoms with van der Waals surface area (Å²) in [5, 5.41) is 0. The van der Waals surface area contributed by atoms with E-state index in [1.54, 1.807) is 12.1 Å². The summed E-state index contributed by atoms with van der Waals surface area (Å²) in [5.41, 5.74) is 0.553. The minimum atomic E-state index is -0.703. The van der Waals surface area contributed by atoms with Crippen LogP contribution in [-0.2, 0) is 14.2 Å². The lowest BCUT2D eigenvalue weighted by Crippen LogP contribution is -2.31. The minimum absolute atomic E-state index is 0.0751. The first-order valence-corrected chi connectivity index (χ1v) is 5.34. The van der Waals surface area contributed by atoms with Gasteiger partial charge in [-0.3, -0.25) is 0 Å². The van der Waals surface area contributed by atoms with Crippen molar-refractivity contribution in [2.45, 2.75) is 18.3 Å². The maximum Gasteiger partial charge on any atom is 0.340 e. The fourth-order valence-electron chi connectivity index (χ4n) is 1.92. The molecule has 0 aliphatic carbocycles. The van der Waals surface area contributed by atoms with Crippen LogP contribution < -0.4 is 0 Å². The third kappa shape index (κ3) is 1.60. The molecule has 0 spiro atoms. The lowest BCUT2D eigenvalue weighted by molar-refractivity contribution is -0.0414. The van der Waals surface area contributed by atoms with Crippen molar-refractivity contribution in [2.75, 3.05) is 13.2 Å². The molecule has 2 saturated heterocycles. The second kappa shape index (κ2) is 3.57. The van der Waals surface area contributed by atoms with Crippen LogP contribution >= 0.6 is 0 Å². The molecule has 2 aliphatic heterocycles. The fourth-order valence-corrected chi connectivity index (χ4v) is 1.92. The van der Waals surface area contributed by atoms with Gasteiger partial charge in [-0.15, -0.1) is 0 Å². The van der Waals surface area contributed by atoms with E-state index in [1.165, 1.54) is 0 Å². The molecule has 0 amide bonds. The summed E-state index contributed by atoms with van der Waals surface area (Å²) in [7, 11) is 0. The van der Waals surface area contributed by atoms with E-state index >= 15 is 0 Å². The number of epoxide rings is 1. The van der Waals surface area contributed by atoms with Crippen LogP contribution in [0.3, 0.4) is 0 Å². The summed E-state index contributed by atoms with van der Waals surface area (Å²) >= 11 is 0. The molecule has 1 aromatic rings. The van der Waals surface area contributed by atoms with E-state index in [1.807, 2.05) is 18.2 Å². The number of carbonyl (C=O) groups is 1. The van der Waals surface area contributed by atoms with Crippen molar-refractivity contribution in [3.8, 4) is 0 Å². The molecular weight excluding hydrogens is 208 g/mol. The van der Waals surface area contributed by atoms with Crippen molar-refractivity contribution in [1.82, 2.24) is 0 Å². The first-order chi connectivity index (χ1) is 7.80. The molecule has 2 aliphatic rings. The molecule has 2 atom stereocenters. The van der Waals surface area contributed by atoms with E-state index in [2.05, 4.69) is 0 Å². The van der Waals surface area contributed by atoms with Gasteiger partial charge in [-0.25, -0.2) is 4.79 Å². The predicted molar refractivity (Wildman–Crippen MR) is 54.9 cm³/mol. The van der Waals surface area contributed by atoms with E-state index in [4.69, 9.17) is 14.2 Å². The van der Waals surface area contributed by atoms with Gasteiger partial charge in [-0.1, -0.05) is 18.2 Å². The molecule has 1 aromatic carbocycles. The van der Waals surface area contributed by atoms with Gasteiger partial charge >= 0.3 is 5.97 Å². The van der Waals surface area contributed by atoms with Crippen LogP contribution in [0.2, 0.25) is 0 Å². The van der Waals surface area contributed by atoms with Gasteiger partial charge in [0.15, 0.2) is 6.10 Å². The van der Waals surface area contributed by atoms with Gasteiger partial charge in [0, 0.05) is 6.42 Å². The minimum Gasteiger partial charge on any atom is -0.426 e. The summed E-state index contributed by atoms with van der Waals surface area (Å²) in [5.74, 6) is -1.03. The van der Waals surface area contributed by atoms with Gasteiger partial charge in [0.1, 0.15) is 0 Å². The molecule has 3 rings (SSSR count). The van der Waals surface area contributed by atoms with Gasteiger partial charge in [0.05, 0.1) is 18.8 Å². The Hall–Kier alpha value is -1.39. The summed E-state index contributed by atoms with van der Waals surface area (Å²) in [6.45, 7) is 1.10. The molecule has 4 heteroatoms. The zero-order chi connectivity index (χ0) is 11.0. The number of rotatable bonds is 2. The summed E-state index contributed by atoms with van der Waals surface area (Å²) in [4.78, 5) is 11.8. The Bertz CT molecular complexity index is 403. The lowest BCUT2D eigenvalue weighted by Gasteiger charge is -2.17. The van der Waals surface area contributed by atoms with Gasteiger partial charge in [-0.2, -0.15) is 0 Å². The highest BCUT2D eigenvalue weighted by Gasteiger charge is 2.62. The lowest BCUT2D eigenvalue weighted by atomic mass is 10.1. The number of ether oxygens (including phenoxy) is 3. The Balaban J connectivity index is 1.70. The second-order valence-corrected chi connectivity index (χ2v) is 4.00. The molecule has 0 unspecified atom stereocenters. The molecule has 0 saturated carbocycles. The highest BCUT2D eigenvalue weighted by molar-refractivity contribution is 5.89. The van der Waals surface area contributed by atoms with E-state index in [0.717, 1.165) is 0 Å². The number of benzene rings is 1. The van der Waals surface area contributed by atoms with Crippen LogP contribution in [0.4, 0.5) is 0 Å². The predicted octanol–water partition coefficient (Wildman–Crippen LogP) is 1.36. The van der Waals surface area contributed by atoms with Crippen LogP contribution in [0, 0.1) is 0 Å². The first-order valence-electron chi connectivity index (χ1n) is 5.34. The Morgan fingerprint density at radius 1 is 1.38 bits per heavy atom. The van der Waals surface area contributed by atoms with Crippen LogP contribution in [0.15, 0.2) is 30.3 Å². The average molecular weight is 220 g/mol. The van der Waals surface area contributed by atoms with Crippen molar-refractivity contribution in [3.63, 3.8) is 0 Å². The summed E-state index contributed by atoms with van der Waals surface area (Å²) < 4.78 is 16.0. The van der Waals surface area contributed by atoms with E-state index in [0.29, 0.717) is 25.2 Å². The van der Waals surface area contributed by atoms with Gasteiger partial charge in [0.25, 0.3) is 0 Å². The zero-order valence-electron chi connectivity index (χ0n) is 8.72. The number of hydrogen-bond donors (Lipinski definition) is 0. The fraction of sp³-hybridized carbons (Fsp3) is 0.417. The maximum absolute atomic E-state index is 11.8. The topological polar surface area (TPSA) is 48.1 Å². The molecule has 84 valence electrons. The maximum atomic E-state index is 11.8. The monoisotopic (exact) mass is 220 g/mol. The van der Waals surface area contributed by atoms with E-state index < -0.39 is 5.79 Å². The van der Waals surface area contributed by atoms with Crippen molar-refractivity contribution in [1.29, 1.82) is 0 Å². The molecule has 4 nitrogen and oxygen atoms in total. The largest absolute Gasteiger partial charge is 0.426 e. The van der Waals surface area contributed by atoms with Crippen LogP contribution in [0.25, 0.3) is 0 Å². The molecule has 2 fully saturated rings. The summed E-state index contributed by atoms with van der Waals surface area (Å²) in [6.07, 6.45) is 0.546. The Labute approximate surface area is 93.1 Å². The number of hydrogen-bond acceptors (Lipinski definition) is 4. The number of carbonyl (C=O) groups excluding carboxylic acids is 1. The standard InChI is InChI=1S/C12H12O4/c13-11(9-4-2-1-3-5-9)16-12-6-7-14-8-10(12)15-12/h1-5,10H,6-8H2/t10-,12-/m0/s1. The Morgan fingerprint density at radius 2 is 2.19 bits per heavy atom. The Kier molecular flexibility index (Phi) is 2.19. The third-order valence-corrected chi connectivity index (χ3v) is 2.91. The number of fused-ring (bicyclic) bond motifs is 1.